The highest BCUT2D eigenvalue weighted by Gasteiger charge is 2.12. The lowest BCUT2D eigenvalue weighted by Crippen LogP contribution is -2.00. The molecule has 0 saturated heterocycles. The molecule has 2 aromatic rings. The number of benzene rings is 1. The Kier molecular flexibility index (Phi) is 4.63. The molecule has 0 fully saturated rings. The lowest BCUT2D eigenvalue weighted by Gasteiger charge is -2.09. The molecule has 2 rings (SSSR count). The van der Waals surface area contributed by atoms with E-state index in [1.54, 1.807) is 25.4 Å². The fourth-order valence-corrected chi connectivity index (χ4v) is 2.80. The molecule has 0 amide bonds. The summed E-state index contributed by atoms with van der Waals surface area (Å²) in [7, 11) is 1.63. The van der Waals surface area contributed by atoms with Crippen LogP contribution in [0.4, 0.5) is 0 Å². The summed E-state index contributed by atoms with van der Waals surface area (Å²) in [5, 5.41) is 9.65. The van der Waals surface area contributed by atoms with Gasteiger partial charge in [0.25, 0.3) is 0 Å². The Morgan fingerprint density at radius 3 is 2.90 bits per heavy atom. The lowest BCUT2D eigenvalue weighted by atomic mass is 10.1. The van der Waals surface area contributed by atoms with Crippen LogP contribution in [0, 0.1) is 6.92 Å². The number of nitrogens with zero attached hydrogens (tertiary/aromatic N) is 1. The first kappa shape index (κ1) is 14.4. The molecular formula is C15H15NO3S. The van der Waals surface area contributed by atoms with E-state index in [2.05, 4.69) is 4.98 Å². The lowest BCUT2D eigenvalue weighted by molar-refractivity contribution is 0.0692. The van der Waals surface area contributed by atoms with E-state index < -0.39 is 5.97 Å². The predicted octanol–water partition coefficient (Wildman–Crippen LogP) is 3.39. The number of hydrogen-bond donors (Lipinski definition) is 1. The van der Waals surface area contributed by atoms with Crippen molar-refractivity contribution < 1.29 is 14.6 Å². The highest BCUT2D eigenvalue weighted by molar-refractivity contribution is 7.98. The van der Waals surface area contributed by atoms with E-state index in [4.69, 9.17) is 9.84 Å². The smallest absolute Gasteiger partial charge is 0.338 e. The standard InChI is InChI=1S/C15H15NO3S/c1-10-5-6-13(19-2)11(8-10)9-20-14-12(15(17)18)4-3-7-16-14/h3-8H,9H2,1-2H3,(H,17,18). The fourth-order valence-electron chi connectivity index (χ4n) is 1.83. The largest absolute Gasteiger partial charge is 0.496 e. The number of aromatic nitrogens is 1. The molecule has 0 bridgehead atoms. The van der Waals surface area contributed by atoms with E-state index >= 15 is 0 Å². The molecule has 0 spiro atoms. The summed E-state index contributed by atoms with van der Waals surface area (Å²) >= 11 is 1.39. The molecule has 1 N–H and O–H groups in total. The maximum absolute atomic E-state index is 11.1. The van der Waals surface area contributed by atoms with Crippen LogP contribution in [-0.4, -0.2) is 23.2 Å². The van der Waals surface area contributed by atoms with Crippen LogP contribution in [0.1, 0.15) is 21.5 Å². The van der Waals surface area contributed by atoms with Gasteiger partial charge in [-0.15, -0.1) is 11.8 Å². The first-order chi connectivity index (χ1) is 9.61. The molecule has 0 radical (unpaired) electrons. The van der Waals surface area contributed by atoms with E-state index in [-0.39, 0.29) is 5.56 Å². The third-order valence-corrected chi connectivity index (χ3v) is 3.86. The maximum Gasteiger partial charge on any atom is 0.338 e. The molecule has 0 aliphatic heterocycles. The van der Waals surface area contributed by atoms with Crippen LogP contribution in [0.15, 0.2) is 41.6 Å². The topological polar surface area (TPSA) is 59.4 Å². The summed E-state index contributed by atoms with van der Waals surface area (Å²) in [5.41, 5.74) is 2.39. The van der Waals surface area contributed by atoms with Gasteiger partial charge in [0, 0.05) is 17.5 Å². The molecule has 1 aromatic carbocycles. The van der Waals surface area contributed by atoms with Crippen LogP contribution in [0.3, 0.4) is 0 Å². The Balaban J connectivity index is 2.21. The number of rotatable bonds is 5. The van der Waals surface area contributed by atoms with E-state index in [0.29, 0.717) is 10.8 Å². The molecule has 0 aliphatic carbocycles. The molecule has 0 atom stereocenters. The van der Waals surface area contributed by atoms with Crippen molar-refractivity contribution in [3.05, 3.63) is 53.2 Å². The van der Waals surface area contributed by atoms with Crippen molar-refractivity contribution >= 4 is 17.7 Å². The average Bonchev–Trinajstić information content (AvgIpc) is 2.45. The second-order valence-electron chi connectivity index (χ2n) is 4.27. The average molecular weight is 289 g/mol. The van der Waals surface area contributed by atoms with Crippen molar-refractivity contribution in [1.29, 1.82) is 0 Å². The molecule has 0 unspecified atom stereocenters. The minimum Gasteiger partial charge on any atom is -0.496 e. The van der Waals surface area contributed by atoms with Crippen LogP contribution in [0.25, 0.3) is 0 Å². The summed E-state index contributed by atoms with van der Waals surface area (Å²) in [4.78, 5) is 15.3. The van der Waals surface area contributed by atoms with Crippen LogP contribution >= 0.6 is 11.8 Å². The molecule has 0 aliphatic rings. The summed E-state index contributed by atoms with van der Waals surface area (Å²) in [5.74, 6) is 0.454. The van der Waals surface area contributed by atoms with Crippen molar-refractivity contribution in [2.24, 2.45) is 0 Å². The van der Waals surface area contributed by atoms with E-state index in [1.807, 2.05) is 25.1 Å². The number of pyridine rings is 1. The third-order valence-electron chi connectivity index (χ3n) is 2.80. The van der Waals surface area contributed by atoms with Gasteiger partial charge in [-0.1, -0.05) is 17.7 Å². The first-order valence-electron chi connectivity index (χ1n) is 6.06. The van der Waals surface area contributed by atoms with Gasteiger partial charge in [0.15, 0.2) is 0 Å². The summed E-state index contributed by atoms with van der Waals surface area (Å²) in [6, 6.07) is 9.12. The van der Waals surface area contributed by atoms with Crippen molar-refractivity contribution in [2.45, 2.75) is 17.7 Å². The highest BCUT2D eigenvalue weighted by Crippen LogP contribution is 2.29. The second kappa shape index (κ2) is 6.43. The summed E-state index contributed by atoms with van der Waals surface area (Å²) < 4.78 is 5.32. The van der Waals surface area contributed by atoms with E-state index in [9.17, 15) is 4.79 Å². The zero-order valence-electron chi connectivity index (χ0n) is 11.3. The Bertz CT molecular complexity index is 628. The van der Waals surface area contributed by atoms with Crippen molar-refractivity contribution in [3.63, 3.8) is 0 Å². The predicted molar refractivity (Wildman–Crippen MR) is 78.5 cm³/mol. The molecule has 20 heavy (non-hydrogen) atoms. The van der Waals surface area contributed by atoms with Crippen LogP contribution in [0.5, 0.6) is 5.75 Å². The monoisotopic (exact) mass is 289 g/mol. The minimum absolute atomic E-state index is 0.226. The number of aryl methyl sites for hydroxylation is 1. The Morgan fingerprint density at radius 2 is 2.20 bits per heavy atom. The zero-order chi connectivity index (χ0) is 14.5. The number of carboxylic acid groups (broad SMARTS) is 1. The number of hydrogen-bond acceptors (Lipinski definition) is 4. The SMILES string of the molecule is COc1ccc(C)cc1CSc1ncccc1C(=O)O. The van der Waals surface area contributed by atoms with Gasteiger partial charge in [0.2, 0.25) is 0 Å². The molecule has 4 nitrogen and oxygen atoms in total. The second-order valence-corrected chi connectivity index (χ2v) is 5.23. The summed E-state index contributed by atoms with van der Waals surface area (Å²) in [6.45, 7) is 2.01. The maximum atomic E-state index is 11.1. The number of aromatic carboxylic acids is 1. The van der Waals surface area contributed by atoms with E-state index in [0.717, 1.165) is 16.9 Å². The summed E-state index contributed by atoms with van der Waals surface area (Å²) in [6.07, 6.45) is 1.60. The molecule has 104 valence electrons. The highest BCUT2D eigenvalue weighted by atomic mass is 32.2. The first-order valence-corrected chi connectivity index (χ1v) is 7.05. The van der Waals surface area contributed by atoms with Gasteiger partial charge in [-0.3, -0.25) is 0 Å². The van der Waals surface area contributed by atoms with Gasteiger partial charge in [0.1, 0.15) is 10.8 Å². The van der Waals surface area contributed by atoms with Gasteiger partial charge in [-0.2, -0.15) is 0 Å². The molecule has 5 heteroatoms. The van der Waals surface area contributed by atoms with Crippen molar-refractivity contribution in [2.75, 3.05) is 7.11 Å². The van der Waals surface area contributed by atoms with Gasteiger partial charge in [-0.05, 0) is 25.1 Å². The van der Waals surface area contributed by atoms with Gasteiger partial charge in [-0.25, -0.2) is 9.78 Å². The third kappa shape index (κ3) is 3.30. The Morgan fingerprint density at radius 1 is 1.40 bits per heavy atom. The van der Waals surface area contributed by atoms with Crippen LogP contribution < -0.4 is 4.74 Å². The minimum atomic E-state index is -0.961. The van der Waals surface area contributed by atoms with Gasteiger partial charge in [0.05, 0.1) is 12.7 Å². The van der Waals surface area contributed by atoms with Crippen molar-refractivity contribution in [3.8, 4) is 5.75 Å². The molecule has 0 saturated carbocycles. The normalized spacial score (nSPS) is 10.3. The number of methoxy groups -OCH3 is 1. The zero-order valence-corrected chi connectivity index (χ0v) is 12.1. The number of thioether (sulfide) groups is 1. The Hall–Kier alpha value is -2.01. The molecular weight excluding hydrogens is 274 g/mol. The molecule has 1 heterocycles. The number of carboxylic acids is 1. The Labute approximate surface area is 121 Å². The van der Waals surface area contributed by atoms with Gasteiger partial charge >= 0.3 is 5.97 Å². The number of ether oxygens (including phenoxy) is 1. The van der Waals surface area contributed by atoms with Crippen LogP contribution in [0.2, 0.25) is 0 Å². The quantitative estimate of drug-likeness (QED) is 0.855. The van der Waals surface area contributed by atoms with E-state index in [1.165, 1.54) is 11.8 Å². The van der Waals surface area contributed by atoms with Crippen LogP contribution in [-0.2, 0) is 5.75 Å². The van der Waals surface area contributed by atoms with Crippen molar-refractivity contribution in [1.82, 2.24) is 4.98 Å². The number of carbonyl (C=O) groups is 1. The molecule has 1 aromatic heterocycles. The fraction of sp³-hybridized carbons (Fsp3) is 0.200. The van der Waals surface area contributed by atoms with Gasteiger partial charge < -0.3 is 9.84 Å².